The number of carbonyl (C=O) groups excluding carboxylic acids is 1. The molecule has 0 aromatic heterocycles. The second-order valence-corrected chi connectivity index (χ2v) is 3.16. The van der Waals surface area contributed by atoms with E-state index in [9.17, 15) is 4.79 Å². The van der Waals surface area contributed by atoms with E-state index in [1.165, 1.54) is 7.11 Å². The smallest absolute Gasteiger partial charge is 0.406 e. The van der Waals surface area contributed by atoms with Gasteiger partial charge in [-0.1, -0.05) is 17.7 Å². The number of alkyl carbamates (subject to hydrolysis) is 1. The van der Waals surface area contributed by atoms with Gasteiger partial charge in [-0.15, -0.1) is 0 Å². The first-order valence-electron chi connectivity index (χ1n) is 4.42. The molecule has 1 rings (SSSR count). The Kier molecular flexibility index (Phi) is 4.77. The molecule has 1 aromatic carbocycles. The van der Waals surface area contributed by atoms with Gasteiger partial charge >= 0.3 is 6.09 Å². The highest BCUT2D eigenvalue weighted by Crippen LogP contribution is 2.16. The van der Waals surface area contributed by atoms with Crippen molar-refractivity contribution in [2.75, 3.05) is 20.3 Å². The third-order valence-electron chi connectivity index (χ3n) is 1.62. The molecule has 1 aromatic rings. The van der Waals surface area contributed by atoms with Crippen LogP contribution in [0.4, 0.5) is 4.79 Å². The number of hydrogen-bond donors (Lipinski definition) is 1. The van der Waals surface area contributed by atoms with Crippen LogP contribution >= 0.6 is 11.6 Å². The maximum absolute atomic E-state index is 10.7. The summed E-state index contributed by atoms with van der Waals surface area (Å²) in [6, 6.07) is 7.07. The van der Waals surface area contributed by atoms with Gasteiger partial charge in [0.1, 0.15) is 12.4 Å². The number of amides is 1. The Labute approximate surface area is 93.1 Å². The number of ether oxygens (including phenoxy) is 2. The first kappa shape index (κ1) is 11.7. The Morgan fingerprint density at radius 2 is 2.33 bits per heavy atom. The average Bonchev–Trinajstić information content (AvgIpc) is 2.24. The van der Waals surface area contributed by atoms with E-state index in [1.807, 2.05) is 0 Å². The predicted molar refractivity (Wildman–Crippen MR) is 57.4 cm³/mol. The molecule has 0 bridgehead atoms. The predicted octanol–water partition coefficient (Wildman–Crippen LogP) is 2.07. The van der Waals surface area contributed by atoms with Crippen molar-refractivity contribution in [1.29, 1.82) is 0 Å². The molecule has 4 nitrogen and oxygen atoms in total. The molecule has 1 N–H and O–H groups in total. The van der Waals surface area contributed by atoms with Crippen LogP contribution in [0, 0.1) is 0 Å². The fraction of sp³-hybridized carbons (Fsp3) is 0.300. The van der Waals surface area contributed by atoms with Crippen LogP contribution in [0.15, 0.2) is 24.3 Å². The SMILES string of the molecule is COC(=O)NCCOc1cccc(Cl)c1. The molecule has 0 saturated heterocycles. The minimum atomic E-state index is -0.468. The van der Waals surface area contributed by atoms with Crippen molar-refractivity contribution in [1.82, 2.24) is 5.32 Å². The number of carbonyl (C=O) groups is 1. The maximum atomic E-state index is 10.7. The summed E-state index contributed by atoms with van der Waals surface area (Å²) in [5.74, 6) is 0.675. The van der Waals surface area contributed by atoms with E-state index in [0.717, 1.165) is 0 Å². The molecular formula is C10H12ClNO3. The number of rotatable bonds is 4. The van der Waals surface area contributed by atoms with Crippen LogP contribution in [-0.2, 0) is 4.74 Å². The fourth-order valence-corrected chi connectivity index (χ4v) is 1.13. The van der Waals surface area contributed by atoms with Gasteiger partial charge in [0.25, 0.3) is 0 Å². The lowest BCUT2D eigenvalue weighted by Crippen LogP contribution is -2.27. The van der Waals surface area contributed by atoms with Gasteiger partial charge in [0.15, 0.2) is 0 Å². The summed E-state index contributed by atoms with van der Waals surface area (Å²) in [4.78, 5) is 10.7. The van der Waals surface area contributed by atoms with Gasteiger partial charge in [0, 0.05) is 5.02 Å². The molecule has 0 radical (unpaired) electrons. The first-order chi connectivity index (χ1) is 7.22. The van der Waals surface area contributed by atoms with E-state index in [-0.39, 0.29) is 0 Å². The summed E-state index contributed by atoms with van der Waals surface area (Å²) in [5, 5.41) is 3.12. The van der Waals surface area contributed by atoms with Crippen LogP contribution in [0.2, 0.25) is 5.02 Å². The summed E-state index contributed by atoms with van der Waals surface area (Å²) in [6.07, 6.45) is -0.468. The highest BCUT2D eigenvalue weighted by Gasteiger charge is 1.98. The quantitative estimate of drug-likeness (QED) is 0.805. The second kappa shape index (κ2) is 6.14. The van der Waals surface area contributed by atoms with Crippen LogP contribution in [-0.4, -0.2) is 26.4 Å². The molecule has 1 amide bonds. The van der Waals surface area contributed by atoms with Gasteiger partial charge < -0.3 is 14.8 Å². The Hall–Kier alpha value is -1.42. The summed E-state index contributed by atoms with van der Waals surface area (Å²) < 4.78 is 9.72. The number of halogens is 1. The topological polar surface area (TPSA) is 47.6 Å². The lowest BCUT2D eigenvalue weighted by Gasteiger charge is -2.06. The maximum Gasteiger partial charge on any atom is 0.406 e. The number of hydrogen-bond acceptors (Lipinski definition) is 3. The van der Waals surface area contributed by atoms with Gasteiger partial charge in [-0.05, 0) is 18.2 Å². The van der Waals surface area contributed by atoms with Gasteiger partial charge in [0.05, 0.1) is 13.7 Å². The molecule has 0 unspecified atom stereocenters. The Morgan fingerprint density at radius 1 is 1.53 bits per heavy atom. The average molecular weight is 230 g/mol. The molecule has 82 valence electrons. The molecule has 15 heavy (non-hydrogen) atoms. The zero-order chi connectivity index (χ0) is 11.1. The van der Waals surface area contributed by atoms with Crippen molar-refractivity contribution in [3.8, 4) is 5.75 Å². The van der Waals surface area contributed by atoms with E-state index in [4.69, 9.17) is 16.3 Å². The Bertz CT molecular complexity index is 330. The van der Waals surface area contributed by atoms with Gasteiger partial charge in [0.2, 0.25) is 0 Å². The fourth-order valence-electron chi connectivity index (χ4n) is 0.951. The van der Waals surface area contributed by atoms with Gasteiger partial charge in [-0.3, -0.25) is 0 Å². The third kappa shape index (κ3) is 4.56. The first-order valence-corrected chi connectivity index (χ1v) is 4.80. The zero-order valence-corrected chi connectivity index (χ0v) is 9.08. The van der Waals surface area contributed by atoms with Crippen LogP contribution < -0.4 is 10.1 Å². The highest BCUT2D eigenvalue weighted by molar-refractivity contribution is 6.30. The third-order valence-corrected chi connectivity index (χ3v) is 1.86. The van der Waals surface area contributed by atoms with Crippen molar-refractivity contribution in [3.63, 3.8) is 0 Å². The summed E-state index contributed by atoms with van der Waals surface area (Å²) in [6.45, 7) is 0.759. The van der Waals surface area contributed by atoms with Crippen LogP contribution in [0.1, 0.15) is 0 Å². The molecule has 0 spiro atoms. The van der Waals surface area contributed by atoms with E-state index < -0.39 is 6.09 Å². The zero-order valence-electron chi connectivity index (χ0n) is 8.33. The van der Waals surface area contributed by atoms with Gasteiger partial charge in [-0.2, -0.15) is 0 Å². The molecular weight excluding hydrogens is 218 g/mol. The summed E-state index contributed by atoms with van der Waals surface area (Å²) >= 11 is 5.76. The Morgan fingerprint density at radius 3 is 3.00 bits per heavy atom. The standard InChI is InChI=1S/C10H12ClNO3/c1-14-10(13)12-5-6-15-9-4-2-3-8(11)7-9/h2-4,7H,5-6H2,1H3,(H,12,13). The van der Waals surface area contributed by atoms with Crippen molar-refractivity contribution in [2.24, 2.45) is 0 Å². The second-order valence-electron chi connectivity index (χ2n) is 2.72. The van der Waals surface area contributed by atoms with Crippen LogP contribution in [0.25, 0.3) is 0 Å². The Balaban J connectivity index is 2.23. The summed E-state index contributed by atoms with van der Waals surface area (Å²) in [7, 11) is 1.31. The lowest BCUT2D eigenvalue weighted by atomic mass is 10.3. The van der Waals surface area contributed by atoms with Crippen molar-refractivity contribution in [3.05, 3.63) is 29.3 Å². The van der Waals surface area contributed by atoms with Crippen molar-refractivity contribution in [2.45, 2.75) is 0 Å². The lowest BCUT2D eigenvalue weighted by molar-refractivity contribution is 0.168. The molecule has 5 heteroatoms. The van der Waals surface area contributed by atoms with Crippen LogP contribution in [0.3, 0.4) is 0 Å². The molecule has 0 heterocycles. The molecule has 0 aliphatic heterocycles. The molecule has 0 fully saturated rings. The van der Waals surface area contributed by atoms with E-state index >= 15 is 0 Å². The molecule has 0 aliphatic carbocycles. The van der Waals surface area contributed by atoms with Crippen LogP contribution in [0.5, 0.6) is 5.75 Å². The van der Waals surface area contributed by atoms with E-state index in [1.54, 1.807) is 24.3 Å². The van der Waals surface area contributed by atoms with Gasteiger partial charge in [-0.25, -0.2) is 4.79 Å². The molecule has 0 atom stereocenters. The number of methoxy groups -OCH3 is 1. The normalized spacial score (nSPS) is 9.47. The van der Waals surface area contributed by atoms with Crippen molar-refractivity contribution < 1.29 is 14.3 Å². The number of nitrogens with one attached hydrogen (secondary N) is 1. The minimum absolute atomic E-state index is 0.370. The molecule has 0 aliphatic rings. The van der Waals surface area contributed by atoms with Crippen molar-refractivity contribution >= 4 is 17.7 Å². The largest absolute Gasteiger partial charge is 0.492 e. The van der Waals surface area contributed by atoms with E-state index in [0.29, 0.717) is 23.9 Å². The van der Waals surface area contributed by atoms with E-state index in [2.05, 4.69) is 10.1 Å². The highest BCUT2D eigenvalue weighted by atomic mass is 35.5. The number of benzene rings is 1. The molecule has 0 saturated carbocycles. The monoisotopic (exact) mass is 229 g/mol. The minimum Gasteiger partial charge on any atom is -0.492 e. The summed E-state index contributed by atoms with van der Waals surface area (Å²) in [5.41, 5.74) is 0.